The maximum absolute atomic E-state index is 12.3. The summed E-state index contributed by atoms with van der Waals surface area (Å²) >= 11 is 0. The largest absolute Gasteiger partial charge is 0.397 e. The molecular formula is C14H21N3O2. The van der Waals surface area contributed by atoms with Crippen molar-refractivity contribution in [3.8, 4) is 0 Å². The lowest BCUT2D eigenvalue weighted by atomic mass is 10.1. The molecule has 0 saturated carbocycles. The number of benzene rings is 1. The van der Waals surface area contributed by atoms with Crippen LogP contribution in [0.4, 0.5) is 11.4 Å². The number of nitrogen functional groups attached to an aromatic ring is 1. The zero-order valence-electron chi connectivity index (χ0n) is 11.5. The molecule has 5 nitrogen and oxygen atoms in total. The monoisotopic (exact) mass is 263 g/mol. The van der Waals surface area contributed by atoms with Crippen LogP contribution in [0.1, 0.15) is 12.5 Å². The molecule has 1 saturated heterocycles. The first-order valence-corrected chi connectivity index (χ1v) is 6.57. The molecule has 5 heteroatoms. The highest BCUT2D eigenvalue weighted by molar-refractivity contribution is 5.86. The molecule has 1 atom stereocenters. The van der Waals surface area contributed by atoms with Gasteiger partial charge in [0.1, 0.15) is 6.04 Å². The van der Waals surface area contributed by atoms with Gasteiger partial charge in [-0.25, -0.2) is 0 Å². The zero-order chi connectivity index (χ0) is 13.8. The molecule has 1 amide bonds. The van der Waals surface area contributed by atoms with Crippen LogP contribution in [0.15, 0.2) is 18.2 Å². The number of nitrogens with two attached hydrogens (primary N) is 1. The minimum absolute atomic E-state index is 0.0872. The molecule has 19 heavy (non-hydrogen) atoms. The third-order valence-electron chi connectivity index (χ3n) is 3.39. The molecule has 1 aromatic rings. The lowest BCUT2D eigenvalue weighted by molar-refractivity contribution is -0.135. The first kappa shape index (κ1) is 13.7. The Morgan fingerprint density at radius 1 is 1.42 bits per heavy atom. The summed E-state index contributed by atoms with van der Waals surface area (Å²) in [6.45, 7) is 6.37. The van der Waals surface area contributed by atoms with Crippen LogP contribution in [0.5, 0.6) is 0 Å². The molecule has 1 heterocycles. The van der Waals surface area contributed by atoms with Crippen molar-refractivity contribution in [2.75, 3.05) is 37.4 Å². The summed E-state index contributed by atoms with van der Waals surface area (Å²) in [6, 6.07) is 5.49. The number of hydrogen-bond acceptors (Lipinski definition) is 4. The molecule has 1 aliphatic heterocycles. The summed E-state index contributed by atoms with van der Waals surface area (Å²) in [7, 11) is 0. The summed E-state index contributed by atoms with van der Waals surface area (Å²) in [5.41, 5.74) is 8.52. The molecule has 104 valence electrons. The van der Waals surface area contributed by atoms with Gasteiger partial charge in [-0.2, -0.15) is 0 Å². The first-order chi connectivity index (χ1) is 9.09. The number of para-hydroxylation sites is 1. The second-order valence-corrected chi connectivity index (χ2v) is 4.84. The predicted octanol–water partition coefficient (Wildman–Crippen LogP) is 1.24. The van der Waals surface area contributed by atoms with E-state index in [0.717, 1.165) is 11.3 Å². The number of amides is 1. The average Bonchev–Trinajstić information content (AvgIpc) is 2.44. The second-order valence-electron chi connectivity index (χ2n) is 4.84. The highest BCUT2D eigenvalue weighted by Gasteiger charge is 2.22. The normalized spacial score (nSPS) is 17.1. The number of ether oxygens (including phenoxy) is 1. The summed E-state index contributed by atoms with van der Waals surface area (Å²) in [6.07, 6.45) is 0. The molecule has 3 N–H and O–H groups in total. The van der Waals surface area contributed by atoms with Crippen molar-refractivity contribution < 1.29 is 9.53 Å². The number of rotatable bonds is 3. The number of carbonyl (C=O) groups excluding carboxylic acids is 1. The first-order valence-electron chi connectivity index (χ1n) is 6.57. The number of morpholine rings is 1. The van der Waals surface area contributed by atoms with Crippen LogP contribution in [0.2, 0.25) is 0 Å². The topological polar surface area (TPSA) is 67.6 Å². The second kappa shape index (κ2) is 5.93. The van der Waals surface area contributed by atoms with Gasteiger partial charge in [0.2, 0.25) is 5.91 Å². The molecule has 0 spiro atoms. The van der Waals surface area contributed by atoms with Gasteiger partial charge in [0.15, 0.2) is 0 Å². The van der Waals surface area contributed by atoms with Gasteiger partial charge in [-0.05, 0) is 25.5 Å². The van der Waals surface area contributed by atoms with Gasteiger partial charge < -0.3 is 20.7 Å². The smallest absolute Gasteiger partial charge is 0.244 e. The van der Waals surface area contributed by atoms with Crippen LogP contribution in [0.3, 0.4) is 0 Å². The fourth-order valence-electron chi connectivity index (χ4n) is 2.16. The van der Waals surface area contributed by atoms with E-state index in [1.807, 2.05) is 36.9 Å². The van der Waals surface area contributed by atoms with E-state index in [-0.39, 0.29) is 11.9 Å². The molecular weight excluding hydrogens is 242 g/mol. The fraction of sp³-hybridized carbons (Fsp3) is 0.500. The highest BCUT2D eigenvalue weighted by Crippen LogP contribution is 2.22. The van der Waals surface area contributed by atoms with E-state index in [1.165, 1.54) is 0 Å². The Kier molecular flexibility index (Phi) is 4.27. The number of nitrogens with one attached hydrogen (secondary N) is 1. The molecule has 1 aromatic carbocycles. The van der Waals surface area contributed by atoms with Crippen LogP contribution in [-0.4, -0.2) is 43.2 Å². The van der Waals surface area contributed by atoms with Crippen LogP contribution in [0.25, 0.3) is 0 Å². The standard InChI is InChI=1S/C14H21N3O2/c1-10-4-3-5-12(13(10)15)16-11(2)14(18)17-6-8-19-9-7-17/h3-5,11,16H,6-9,15H2,1-2H3. The lowest BCUT2D eigenvalue weighted by Gasteiger charge is -2.30. The van der Waals surface area contributed by atoms with Gasteiger partial charge in [0.05, 0.1) is 24.6 Å². The van der Waals surface area contributed by atoms with Crippen molar-refractivity contribution in [2.24, 2.45) is 0 Å². The van der Waals surface area contributed by atoms with E-state index < -0.39 is 0 Å². The quantitative estimate of drug-likeness (QED) is 0.805. The van der Waals surface area contributed by atoms with Gasteiger partial charge in [0, 0.05) is 13.1 Å². The summed E-state index contributed by atoms with van der Waals surface area (Å²) < 4.78 is 5.25. The number of carbonyl (C=O) groups is 1. The number of aryl methyl sites for hydroxylation is 1. The van der Waals surface area contributed by atoms with Gasteiger partial charge in [-0.15, -0.1) is 0 Å². The maximum Gasteiger partial charge on any atom is 0.244 e. The van der Waals surface area contributed by atoms with Crippen molar-refractivity contribution in [2.45, 2.75) is 19.9 Å². The van der Waals surface area contributed by atoms with E-state index in [0.29, 0.717) is 32.0 Å². The van der Waals surface area contributed by atoms with Crippen molar-refractivity contribution >= 4 is 17.3 Å². The van der Waals surface area contributed by atoms with Gasteiger partial charge in [-0.1, -0.05) is 12.1 Å². The van der Waals surface area contributed by atoms with Crippen molar-refractivity contribution in [1.82, 2.24) is 4.90 Å². The molecule has 2 rings (SSSR count). The highest BCUT2D eigenvalue weighted by atomic mass is 16.5. The van der Waals surface area contributed by atoms with E-state index >= 15 is 0 Å². The zero-order valence-corrected chi connectivity index (χ0v) is 11.5. The number of anilines is 2. The Morgan fingerprint density at radius 2 is 2.11 bits per heavy atom. The number of nitrogens with zero attached hydrogens (tertiary/aromatic N) is 1. The maximum atomic E-state index is 12.3. The van der Waals surface area contributed by atoms with Crippen LogP contribution in [-0.2, 0) is 9.53 Å². The van der Waals surface area contributed by atoms with E-state index in [4.69, 9.17) is 10.5 Å². The van der Waals surface area contributed by atoms with Gasteiger partial charge >= 0.3 is 0 Å². The van der Waals surface area contributed by atoms with Crippen LogP contribution < -0.4 is 11.1 Å². The number of hydrogen-bond donors (Lipinski definition) is 2. The molecule has 1 aliphatic rings. The van der Waals surface area contributed by atoms with Gasteiger partial charge in [0.25, 0.3) is 0 Å². The summed E-state index contributed by atoms with van der Waals surface area (Å²) in [5.74, 6) is 0.0872. The van der Waals surface area contributed by atoms with Crippen LogP contribution in [0, 0.1) is 6.92 Å². The SMILES string of the molecule is Cc1cccc(NC(C)C(=O)N2CCOCC2)c1N. The minimum atomic E-state index is -0.290. The molecule has 0 aromatic heterocycles. The Labute approximate surface area is 113 Å². The molecule has 1 unspecified atom stereocenters. The lowest BCUT2D eigenvalue weighted by Crippen LogP contribution is -2.47. The summed E-state index contributed by atoms with van der Waals surface area (Å²) in [5, 5.41) is 3.19. The molecule has 0 bridgehead atoms. The van der Waals surface area contributed by atoms with E-state index in [2.05, 4.69) is 5.32 Å². The minimum Gasteiger partial charge on any atom is -0.397 e. The van der Waals surface area contributed by atoms with E-state index in [9.17, 15) is 4.79 Å². The van der Waals surface area contributed by atoms with Crippen molar-refractivity contribution in [3.05, 3.63) is 23.8 Å². The van der Waals surface area contributed by atoms with E-state index in [1.54, 1.807) is 0 Å². The average molecular weight is 263 g/mol. The Hall–Kier alpha value is -1.75. The Bertz CT molecular complexity index is 456. The third-order valence-corrected chi connectivity index (χ3v) is 3.39. The van der Waals surface area contributed by atoms with Crippen molar-refractivity contribution in [1.29, 1.82) is 0 Å². The third kappa shape index (κ3) is 3.17. The van der Waals surface area contributed by atoms with Crippen molar-refractivity contribution in [3.63, 3.8) is 0 Å². The van der Waals surface area contributed by atoms with Crippen LogP contribution >= 0.6 is 0 Å². The Balaban J connectivity index is 2.01. The summed E-state index contributed by atoms with van der Waals surface area (Å²) in [4.78, 5) is 14.1. The fourth-order valence-corrected chi connectivity index (χ4v) is 2.16. The Morgan fingerprint density at radius 3 is 2.79 bits per heavy atom. The molecule has 1 fully saturated rings. The predicted molar refractivity (Wildman–Crippen MR) is 76.1 cm³/mol. The molecule has 0 aliphatic carbocycles. The van der Waals surface area contributed by atoms with Gasteiger partial charge in [-0.3, -0.25) is 4.79 Å². The molecule has 0 radical (unpaired) electrons.